The van der Waals surface area contributed by atoms with Crippen LogP contribution in [-0.2, 0) is 9.59 Å². The van der Waals surface area contributed by atoms with Crippen LogP contribution in [0.25, 0.3) is 0 Å². The molecule has 0 bridgehead atoms. The van der Waals surface area contributed by atoms with Gasteiger partial charge in [0.2, 0.25) is 0 Å². The zero-order chi connectivity index (χ0) is 13.5. The van der Waals surface area contributed by atoms with Crippen molar-refractivity contribution in [2.75, 3.05) is 6.54 Å². The van der Waals surface area contributed by atoms with Gasteiger partial charge < -0.3 is 10.0 Å². The van der Waals surface area contributed by atoms with E-state index in [0.717, 1.165) is 25.7 Å². The fraction of sp³-hybridized carbons (Fsp3) is 0.692. The average molecular weight is 239 g/mol. The van der Waals surface area contributed by atoms with Gasteiger partial charge in [0.25, 0.3) is 0 Å². The number of carboxylic acids is 1. The second-order valence-corrected chi connectivity index (χ2v) is 4.95. The van der Waals surface area contributed by atoms with Gasteiger partial charge in [-0.1, -0.05) is 6.42 Å². The van der Waals surface area contributed by atoms with Crippen LogP contribution in [0.4, 0.5) is 0 Å². The third-order valence-electron chi connectivity index (χ3n) is 2.44. The maximum atomic E-state index is 11.5. The Balaban J connectivity index is 4.29. The van der Waals surface area contributed by atoms with Crippen molar-refractivity contribution in [3.63, 3.8) is 0 Å². The minimum atomic E-state index is -1.40. The normalized spacial score (nSPS) is 10.7. The molecular weight excluding hydrogens is 218 g/mol. The molecule has 0 aliphatic carbocycles. The molecule has 0 rings (SSSR count). The summed E-state index contributed by atoms with van der Waals surface area (Å²) in [5.41, 5.74) is -0.471. The van der Waals surface area contributed by atoms with Crippen LogP contribution in [0.2, 0.25) is 0 Å². The maximum absolute atomic E-state index is 11.5. The van der Waals surface area contributed by atoms with Gasteiger partial charge in [0.15, 0.2) is 0 Å². The Hall–Kier alpha value is -1.50. The summed E-state index contributed by atoms with van der Waals surface area (Å²) < 4.78 is 0. The molecular formula is C13H21NO3. The van der Waals surface area contributed by atoms with Gasteiger partial charge in [0, 0.05) is 18.5 Å². The van der Waals surface area contributed by atoms with Gasteiger partial charge >= 0.3 is 11.9 Å². The van der Waals surface area contributed by atoms with Crippen LogP contribution in [0.3, 0.4) is 0 Å². The lowest BCUT2D eigenvalue weighted by Gasteiger charge is -2.34. The third kappa shape index (κ3) is 5.96. The highest BCUT2D eigenvalue weighted by atomic mass is 16.4. The Labute approximate surface area is 103 Å². The number of nitrogens with zero attached hydrogens (tertiary/aromatic N) is 1. The number of carbonyl (C=O) groups excluding carboxylic acids is 1. The Morgan fingerprint density at radius 1 is 1.24 bits per heavy atom. The first-order chi connectivity index (χ1) is 7.80. The molecule has 0 atom stereocenters. The highest BCUT2D eigenvalue weighted by molar-refractivity contribution is 6.31. The highest BCUT2D eigenvalue weighted by Gasteiger charge is 2.29. The first-order valence-corrected chi connectivity index (χ1v) is 5.79. The molecule has 17 heavy (non-hydrogen) atoms. The topological polar surface area (TPSA) is 57.6 Å². The number of carbonyl (C=O) groups is 2. The van der Waals surface area contributed by atoms with E-state index >= 15 is 0 Å². The first kappa shape index (κ1) is 15.5. The molecule has 4 nitrogen and oxygen atoms in total. The van der Waals surface area contributed by atoms with Gasteiger partial charge in [0.1, 0.15) is 0 Å². The molecule has 0 spiro atoms. The molecule has 4 heteroatoms. The molecule has 96 valence electrons. The Morgan fingerprint density at radius 3 is 2.24 bits per heavy atom. The Kier molecular flexibility index (Phi) is 6.34. The van der Waals surface area contributed by atoms with E-state index in [0.29, 0.717) is 6.54 Å². The van der Waals surface area contributed by atoms with Crippen molar-refractivity contribution >= 4 is 11.9 Å². The first-order valence-electron chi connectivity index (χ1n) is 5.79. The summed E-state index contributed by atoms with van der Waals surface area (Å²) in [5.74, 6) is 0.314. The summed E-state index contributed by atoms with van der Waals surface area (Å²) in [6.07, 6.45) is 8.45. The van der Waals surface area contributed by atoms with Crippen molar-refractivity contribution in [2.45, 2.75) is 52.0 Å². The number of rotatable bonds is 5. The van der Waals surface area contributed by atoms with Crippen molar-refractivity contribution in [3.05, 3.63) is 0 Å². The number of hydrogen-bond donors (Lipinski definition) is 1. The van der Waals surface area contributed by atoms with Crippen LogP contribution >= 0.6 is 0 Å². The number of amides is 1. The standard InChI is InChI=1S/C13H21NO3/c1-5-6-7-8-9-10-14(13(2,3)4)11(15)12(16)17/h1H,6-10H2,2-4H3,(H,16,17). The number of unbranched alkanes of at least 4 members (excludes halogenated alkanes) is 3. The summed E-state index contributed by atoms with van der Waals surface area (Å²) >= 11 is 0. The summed E-state index contributed by atoms with van der Waals surface area (Å²) in [4.78, 5) is 23.6. The Morgan fingerprint density at radius 2 is 1.82 bits per heavy atom. The van der Waals surface area contributed by atoms with E-state index in [1.165, 1.54) is 4.90 Å². The van der Waals surface area contributed by atoms with Crippen LogP contribution in [0, 0.1) is 12.3 Å². The molecule has 0 saturated carbocycles. The number of terminal acetylenes is 1. The third-order valence-corrected chi connectivity index (χ3v) is 2.44. The van der Waals surface area contributed by atoms with Crippen LogP contribution in [0.15, 0.2) is 0 Å². The molecule has 0 heterocycles. The highest BCUT2D eigenvalue weighted by Crippen LogP contribution is 2.15. The summed E-state index contributed by atoms with van der Waals surface area (Å²) in [5, 5.41) is 8.74. The SMILES string of the molecule is C#CCCCCCN(C(=O)C(=O)O)C(C)(C)C. The van der Waals surface area contributed by atoms with Gasteiger partial charge in [-0.3, -0.25) is 4.79 Å². The molecule has 0 fully saturated rings. The second kappa shape index (κ2) is 6.95. The molecule has 1 amide bonds. The van der Waals surface area contributed by atoms with Crippen molar-refractivity contribution in [1.29, 1.82) is 0 Å². The van der Waals surface area contributed by atoms with Crippen LogP contribution in [0.1, 0.15) is 46.5 Å². The quantitative estimate of drug-likeness (QED) is 0.453. The predicted octanol–water partition coefficient (Wildman–Crippen LogP) is 1.89. The van der Waals surface area contributed by atoms with Gasteiger partial charge in [0.05, 0.1) is 0 Å². The zero-order valence-electron chi connectivity index (χ0n) is 10.8. The smallest absolute Gasteiger partial charge is 0.394 e. The molecule has 0 unspecified atom stereocenters. The molecule has 1 N–H and O–H groups in total. The van der Waals surface area contributed by atoms with E-state index in [-0.39, 0.29) is 0 Å². The van der Waals surface area contributed by atoms with E-state index in [9.17, 15) is 9.59 Å². The Bertz CT molecular complexity index is 310. The van der Waals surface area contributed by atoms with Gasteiger partial charge in [-0.25, -0.2) is 4.79 Å². The monoisotopic (exact) mass is 239 g/mol. The van der Waals surface area contributed by atoms with Gasteiger partial charge in [-0.2, -0.15) is 0 Å². The van der Waals surface area contributed by atoms with E-state index in [4.69, 9.17) is 11.5 Å². The molecule has 0 saturated heterocycles. The summed E-state index contributed by atoms with van der Waals surface area (Å²) in [6.45, 7) is 5.94. The van der Waals surface area contributed by atoms with E-state index in [2.05, 4.69) is 5.92 Å². The lowest BCUT2D eigenvalue weighted by atomic mass is 10.0. The number of hydrogen-bond acceptors (Lipinski definition) is 2. The second-order valence-electron chi connectivity index (χ2n) is 4.95. The molecule has 0 aliphatic rings. The fourth-order valence-corrected chi connectivity index (χ4v) is 1.53. The molecule has 0 radical (unpaired) electrons. The average Bonchev–Trinajstić information content (AvgIpc) is 2.20. The van der Waals surface area contributed by atoms with Crippen molar-refractivity contribution < 1.29 is 14.7 Å². The molecule has 0 aromatic rings. The van der Waals surface area contributed by atoms with E-state index < -0.39 is 17.4 Å². The minimum absolute atomic E-state index is 0.458. The largest absolute Gasteiger partial charge is 0.474 e. The van der Waals surface area contributed by atoms with Crippen LogP contribution in [0.5, 0.6) is 0 Å². The lowest BCUT2D eigenvalue weighted by Crippen LogP contribution is -2.49. The van der Waals surface area contributed by atoms with Crippen molar-refractivity contribution in [2.24, 2.45) is 0 Å². The summed E-state index contributed by atoms with van der Waals surface area (Å²) in [6, 6.07) is 0. The van der Waals surface area contributed by atoms with Gasteiger partial charge in [-0.05, 0) is 33.6 Å². The fourth-order valence-electron chi connectivity index (χ4n) is 1.53. The lowest BCUT2D eigenvalue weighted by molar-refractivity contribution is -0.158. The van der Waals surface area contributed by atoms with Gasteiger partial charge in [-0.15, -0.1) is 12.3 Å². The van der Waals surface area contributed by atoms with Crippen LogP contribution in [-0.4, -0.2) is 34.0 Å². The molecule has 0 aromatic heterocycles. The van der Waals surface area contributed by atoms with Crippen molar-refractivity contribution in [1.82, 2.24) is 4.90 Å². The number of carboxylic acid groups (broad SMARTS) is 1. The van der Waals surface area contributed by atoms with Crippen LogP contribution < -0.4 is 0 Å². The minimum Gasteiger partial charge on any atom is -0.474 e. The zero-order valence-corrected chi connectivity index (χ0v) is 10.8. The predicted molar refractivity (Wildman–Crippen MR) is 66.4 cm³/mol. The van der Waals surface area contributed by atoms with E-state index in [1.807, 2.05) is 20.8 Å². The van der Waals surface area contributed by atoms with Crippen molar-refractivity contribution in [3.8, 4) is 12.3 Å². The molecule has 0 aliphatic heterocycles. The maximum Gasteiger partial charge on any atom is 0.394 e. The summed E-state index contributed by atoms with van der Waals surface area (Å²) in [7, 11) is 0. The number of aliphatic carboxylic acids is 1. The molecule has 0 aromatic carbocycles. The van der Waals surface area contributed by atoms with E-state index in [1.54, 1.807) is 0 Å².